The molecular weight excluding hydrogens is 179 g/mol. The summed E-state index contributed by atoms with van der Waals surface area (Å²) >= 11 is 0. The van der Waals surface area contributed by atoms with E-state index in [2.05, 4.69) is 62.4 Å². The molecule has 70 valence electrons. The maximum Gasteiger partial charge on any atom is 0.140 e. The van der Waals surface area contributed by atoms with Gasteiger partial charge in [0.1, 0.15) is 7.85 Å². The Bertz CT molecular complexity index is 641. The lowest BCUT2D eigenvalue weighted by Crippen LogP contribution is -2.02. The zero-order valence-electron chi connectivity index (χ0n) is 8.70. The first-order valence-corrected chi connectivity index (χ1v) is 5.23. The molecule has 15 heavy (non-hydrogen) atoms. The van der Waals surface area contributed by atoms with Gasteiger partial charge >= 0.3 is 0 Å². The molecule has 0 amide bonds. The van der Waals surface area contributed by atoms with Crippen LogP contribution in [0.1, 0.15) is 0 Å². The van der Waals surface area contributed by atoms with Crippen LogP contribution in [0.15, 0.2) is 54.6 Å². The highest BCUT2D eigenvalue weighted by atomic mass is 14.0. The van der Waals surface area contributed by atoms with Gasteiger partial charge in [0.2, 0.25) is 0 Å². The molecule has 3 rings (SSSR count). The highest BCUT2D eigenvalue weighted by Gasteiger charge is 2.01. The Morgan fingerprint density at radius 3 is 2.33 bits per heavy atom. The third-order valence-corrected chi connectivity index (χ3v) is 2.98. The fourth-order valence-corrected chi connectivity index (χ4v) is 2.25. The lowest BCUT2D eigenvalue weighted by molar-refractivity contribution is 1.79. The molecule has 0 aliphatic carbocycles. The summed E-state index contributed by atoms with van der Waals surface area (Å²) in [5.74, 6) is 0. The molecule has 0 aliphatic heterocycles. The SMILES string of the molecule is Bc1cccc2ccc3ccccc3c12. The van der Waals surface area contributed by atoms with Gasteiger partial charge in [-0.2, -0.15) is 0 Å². The van der Waals surface area contributed by atoms with E-state index < -0.39 is 0 Å². The van der Waals surface area contributed by atoms with E-state index in [9.17, 15) is 0 Å². The molecule has 3 aromatic carbocycles. The normalized spacial score (nSPS) is 10.9. The van der Waals surface area contributed by atoms with E-state index in [1.54, 1.807) is 0 Å². The van der Waals surface area contributed by atoms with Crippen molar-refractivity contribution in [3.05, 3.63) is 54.6 Å². The van der Waals surface area contributed by atoms with Crippen molar-refractivity contribution in [3.8, 4) is 0 Å². The van der Waals surface area contributed by atoms with Crippen LogP contribution in [-0.4, -0.2) is 7.85 Å². The molecule has 0 radical (unpaired) electrons. The van der Waals surface area contributed by atoms with Gasteiger partial charge in [0.25, 0.3) is 0 Å². The van der Waals surface area contributed by atoms with Crippen molar-refractivity contribution in [1.29, 1.82) is 0 Å². The van der Waals surface area contributed by atoms with Crippen molar-refractivity contribution in [2.75, 3.05) is 0 Å². The highest BCUT2D eigenvalue weighted by molar-refractivity contribution is 6.41. The fraction of sp³-hybridized carbons (Fsp3) is 0. The van der Waals surface area contributed by atoms with Crippen LogP contribution < -0.4 is 5.46 Å². The zero-order chi connectivity index (χ0) is 10.3. The van der Waals surface area contributed by atoms with Crippen LogP contribution in [0.2, 0.25) is 0 Å². The summed E-state index contributed by atoms with van der Waals surface area (Å²) in [5.41, 5.74) is 1.35. The molecule has 0 N–H and O–H groups in total. The lowest BCUT2D eigenvalue weighted by atomic mass is 9.87. The van der Waals surface area contributed by atoms with Crippen molar-refractivity contribution in [2.24, 2.45) is 0 Å². The first kappa shape index (κ1) is 8.54. The molecule has 0 heterocycles. The highest BCUT2D eigenvalue weighted by Crippen LogP contribution is 2.23. The minimum atomic E-state index is 1.32. The van der Waals surface area contributed by atoms with E-state index >= 15 is 0 Å². The van der Waals surface area contributed by atoms with Crippen LogP contribution in [0.25, 0.3) is 21.5 Å². The topological polar surface area (TPSA) is 0 Å². The molecule has 0 atom stereocenters. The average Bonchev–Trinajstić information content (AvgIpc) is 2.29. The summed E-state index contributed by atoms with van der Waals surface area (Å²) in [6.07, 6.45) is 0. The number of fused-ring (bicyclic) bond motifs is 3. The Labute approximate surface area is 89.9 Å². The molecule has 0 spiro atoms. The number of hydrogen-bond acceptors (Lipinski definition) is 0. The maximum absolute atomic E-state index is 2.20. The smallest absolute Gasteiger partial charge is 0.0807 e. The molecule has 3 aromatic rings. The largest absolute Gasteiger partial charge is 0.140 e. The van der Waals surface area contributed by atoms with Gasteiger partial charge in [-0.15, -0.1) is 0 Å². The second-order valence-electron chi connectivity index (χ2n) is 3.96. The molecule has 0 bridgehead atoms. The van der Waals surface area contributed by atoms with Crippen LogP contribution in [0.4, 0.5) is 0 Å². The van der Waals surface area contributed by atoms with Crippen LogP contribution in [0, 0.1) is 0 Å². The molecule has 0 fully saturated rings. The van der Waals surface area contributed by atoms with Gasteiger partial charge in [0.05, 0.1) is 0 Å². The van der Waals surface area contributed by atoms with Gasteiger partial charge in [0, 0.05) is 0 Å². The monoisotopic (exact) mass is 190 g/mol. The minimum absolute atomic E-state index is 1.32. The molecular formula is C14H11B. The Kier molecular flexibility index (Phi) is 1.78. The van der Waals surface area contributed by atoms with E-state index in [1.807, 2.05) is 0 Å². The second kappa shape index (κ2) is 3.13. The third kappa shape index (κ3) is 1.24. The van der Waals surface area contributed by atoms with E-state index in [4.69, 9.17) is 0 Å². The van der Waals surface area contributed by atoms with Crippen LogP contribution in [0.5, 0.6) is 0 Å². The van der Waals surface area contributed by atoms with Gasteiger partial charge in [-0.05, 0) is 21.5 Å². The number of benzene rings is 3. The Morgan fingerprint density at radius 2 is 1.40 bits per heavy atom. The van der Waals surface area contributed by atoms with E-state index in [0.717, 1.165) is 0 Å². The van der Waals surface area contributed by atoms with E-state index in [-0.39, 0.29) is 0 Å². The van der Waals surface area contributed by atoms with Gasteiger partial charge in [-0.1, -0.05) is 60.1 Å². The summed E-state index contributed by atoms with van der Waals surface area (Å²) in [5, 5.41) is 5.39. The maximum atomic E-state index is 2.20. The third-order valence-electron chi connectivity index (χ3n) is 2.98. The van der Waals surface area contributed by atoms with Gasteiger partial charge in [-0.25, -0.2) is 0 Å². The molecule has 0 nitrogen and oxygen atoms in total. The predicted octanol–water partition coefficient (Wildman–Crippen LogP) is 2.25. The van der Waals surface area contributed by atoms with Crippen molar-refractivity contribution in [1.82, 2.24) is 0 Å². The lowest BCUT2D eigenvalue weighted by Gasteiger charge is -2.06. The number of rotatable bonds is 0. The van der Waals surface area contributed by atoms with Crippen LogP contribution >= 0.6 is 0 Å². The molecule has 0 aromatic heterocycles. The zero-order valence-corrected chi connectivity index (χ0v) is 8.70. The first-order chi connectivity index (χ1) is 7.36. The quantitative estimate of drug-likeness (QED) is 0.376. The molecule has 0 saturated heterocycles. The minimum Gasteiger partial charge on any atom is -0.0807 e. The summed E-state index contributed by atoms with van der Waals surface area (Å²) in [6, 6.07) is 19.4. The van der Waals surface area contributed by atoms with Gasteiger partial charge in [0.15, 0.2) is 0 Å². The predicted molar refractivity (Wildman–Crippen MR) is 69.6 cm³/mol. The standard InChI is InChI=1S/C14H11B/c15-13-7-3-5-11-9-8-10-4-1-2-6-12(10)14(11)13/h1-9H,15H2. The summed E-state index contributed by atoms with van der Waals surface area (Å²) in [4.78, 5) is 0. The van der Waals surface area contributed by atoms with Gasteiger partial charge in [-0.3, -0.25) is 0 Å². The summed E-state index contributed by atoms with van der Waals surface area (Å²) in [7, 11) is 2.18. The van der Waals surface area contributed by atoms with Crippen LogP contribution in [0.3, 0.4) is 0 Å². The Morgan fingerprint density at radius 1 is 0.667 bits per heavy atom. The van der Waals surface area contributed by atoms with Crippen LogP contribution in [-0.2, 0) is 0 Å². The van der Waals surface area contributed by atoms with Crippen molar-refractivity contribution in [2.45, 2.75) is 0 Å². The average molecular weight is 190 g/mol. The van der Waals surface area contributed by atoms with Crippen molar-refractivity contribution in [3.63, 3.8) is 0 Å². The number of hydrogen-bond donors (Lipinski definition) is 0. The van der Waals surface area contributed by atoms with Crippen molar-refractivity contribution >= 4 is 34.9 Å². The fourth-order valence-electron chi connectivity index (χ4n) is 2.25. The van der Waals surface area contributed by atoms with Gasteiger partial charge < -0.3 is 0 Å². The Balaban J connectivity index is 2.64. The van der Waals surface area contributed by atoms with E-state index in [0.29, 0.717) is 0 Å². The second-order valence-corrected chi connectivity index (χ2v) is 3.96. The molecule has 0 saturated carbocycles. The molecule has 0 unspecified atom stereocenters. The molecule has 0 aliphatic rings. The van der Waals surface area contributed by atoms with Crippen molar-refractivity contribution < 1.29 is 0 Å². The Hall–Kier alpha value is -1.76. The van der Waals surface area contributed by atoms with E-state index in [1.165, 1.54) is 27.0 Å². The first-order valence-electron chi connectivity index (χ1n) is 5.23. The summed E-state index contributed by atoms with van der Waals surface area (Å²) in [6.45, 7) is 0. The molecule has 1 heteroatoms. The summed E-state index contributed by atoms with van der Waals surface area (Å²) < 4.78 is 0.